The Kier molecular flexibility index (Phi) is 3.72. The summed E-state index contributed by atoms with van der Waals surface area (Å²) in [6.45, 7) is -1.53. The van der Waals surface area contributed by atoms with Crippen LogP contribution in [0.1, 0.15) is 7.79 Å². The third kappa shape index (κ3) is 4.02. The van der Waals surface area contributed by atoms with E-state index in [0.717, 1.165) is 0 Å². The molecule has 0 aromatic carbocycles. The third-order valence-electron chi connectivity index (χ3n) is 1.80. The first-order chi connectivity index (χ1) is 6.42. The van der Waals surface area contributed by atoms with Gasteiger partial charge < -0.3 is 18.9 Å². The van der Waals surface area contributed by atoms with E-state index < -0.39 is 13.1 Å². The summed E-state index contributed by atoms with van der Waals surface area (Å²) in [5.41, 5.74) is 0. The van der Waals surface area contributed by atoms with Gasteiger partial charge in [0.15, 0.2) is 6.49 Å². The van der Waals surface area contributed by atoms with Crippen LogP contribution in [0.3, 0.4) is 0 Å². The van der Waals surface area contributed by atoms with Crippen LogP contribution in [-0.2, 0) is 25.8 Å². The molecule has 13 heavy (non-hydrogen) atoms. The lowest BCUT2D eigenvalue weighted by molar-refractivity contribution is -0.00840. The molecule has 0 aromatic rings. The van der Waals surface area contributed by atoms with Crippen LogP contribution in [-0.4, -0.2) is 44.1 Å². The maximum Gasteiger partial charge on any atom is 0.183 e. The number of methoxy groups -OCH3 is 1. The van der Waals surface area contributed by atoms with Gasteiger partial charge >= 0.3 is 0 Å². The molecule has 1 aliphatic rings. The van der Waals surface area contributed by atoms with Gasteiger partial charge in [0.1, 0.15) is 6.10 Å². The largest absolute Gasteiger partial charge is 0.379 e. The lowest BCUT2D eigenvalue weighted by Gasteiger charge is -2.19. The second kappa shape index (κ2) is 4.82. The van der Waals surface area contributed by atoms with Crippen molar-refractivity contribution in [2.24, 2.45) is 0 Å². The molecule has 0 amide bonds. The Morgan fingerprint density at radius 2 is 2.54 bits per heavy atom. The molecular formula is C7H15O4PS. The predicted octanol–water partition coefficient (Wildman–Crippen LogP) is 0.738. The highest BCUT2D eigenvalue weighted by Crippen LogP contribution is 2.37. The number of ether oxygens (including phenoxy) is 2. The Morgan fingerprint density at radius 1 is 1.85 bits per heavy atom. The van der Waals surface area contributed by atoms with Crippen molar-refractivity contribution in [1.82, 2.24) is 0 Å². The van der Waals surface area contributed by atoms with Crippen molar-refractivity contribution in [2.45, 2.75) is 18.6 Å². The van der Waals surface area contributed by atoms with E-state index in [1.54, 1.807) is 7.11 Å². The molecule has 1 heterocycles. The summed E-state index contributed by atoms with van der Waals surface area (Å²) < 4.78 is 22.8. The molecule has 0 saturated carbocycles. The van der Waals surface area contributed by atoms with E-state index in [-0.39, 0.29) is 18.8 Å². The predicted molar refractivity (Wildman–Crippen MR) is 53.5 cm³/mol. The van der Waals surface area contributed by atoms with Crippen LogP contribution in [0.2, 0.25) is 0 Å². The van der Waals surface area contributed by atoms with Crippen molar-refractivity contribution in [3.8, 4) is 0 Å². The molecule has 0 radical (unpaired) electrons. The smallest absolute Gasteiger partial charge is 0.183 e. The van der Waals surface area contributed by atoms with E-state index in [2.05, 4.69) is 0 Å². The highest BCUT2D eigenvalue weighted by atomic mass is 32.5. The van der Waals surface area contributed by atoms with Gasteiger partial charge in [0.05, 0.1) is 14.1 Å². The van der Waals surface area contributed by atoms with E-state index in [0.29, 0.717) is 6.42 Å². The molecule has 1 N–H and O–H groups in total. The van der Waals surface area contributed by atoms with E-state index >= 15 is 0 Å². The van der Waals surface area contributed by atoms with Crippen molar-refractivity contribution >= 4 is 18.3 Å². The Morgan fingerprint density at radius 3 is 3.08 bits per heavy atom. The highest BCUT2D eigenvalue weighted by molar-refractivity contribution is 8.09. The molecule has 0 bridgehead atoms. The fourth-order valence-corrected chi connectivity index (χ4v) is 1.73. The summed E-state index contributed by atoms with van der Waals surface area (Å²) in [7, 11) is 1.57. The van der Waals surface area contributed by atoms with Crippen LogP contribution in [0.15, 0.2) is 0 Å². The summed E-state index contributed by atoms with van der Waals surface area (Å²) >= 11 is 4.73. The van der Waals surface area contributed by atoms with Gasteiger partial charge in [-0.15, -0.1) is 0 Å². The highest BCUT2D eigenvalue weighted by Gasteiger charge is 2.29. The van der Waals surface area contributed by atoms with Gasteiger partial charge in [0, 0.05) is 20.4 Å². The van der Waals surface area contributed by atoms with Crippen molar-refractivity contribution in [3.63, 3.8) is 0 Å². The number of hydrogen-bond acceptors (Lipinski definition) is 4. The standard InChI is InChI=1S/C7H15O4PS/c1-9-6-3-4-10-7(6)5-11-12(2,8)13/h6-7H,3-5H2,1-2H3,(H,8,13)/t6?,7-,12?/m1/s1/i4T/t4?,6?,7-,12?. The molecule has 0 spiro atoms. The molecule has 0 aromatic heterocycles. The summed E-state index contributed by atoms with van der Waals surface area (Å²) in [6, 6.07) is 0. The van der Waals surface area contributed by atoms with Crippen molar-refractivity contribution in [1.29, 1.82) is 0 Å². The minimum atomic E-state index is -2.64. The average Bonchev–Trinajstić information content (AvgIpc) is 2.41. The fraction of sp³-hybridized carbons (Fsp3) is 1.00. The van der Waals surface area contributed by atoms with E-state index in [1.807, 2.05) is 0 Å². The molecule has 4 atom stereocenters. The number of hydrogen-bond donors (Lipinski definition) is 1. The first kappa shape index (κ1) is 10.0. The molecule has 3 unspecified atom stereocenters. The molecule has 1 fully saturated rings. The summed E-state index contributed by atoms with van der Waals surface area (Å²) in [6.07, 6.45) is 0.0960. The SMILES string of the molecule is [3H]C1CC(OC)[C@@H](COP(C)(O)=S)O1. The lowest BCUT2D eigenvalue weighted by Crippen LogP contribution is -2.27. The molecule has 1 rings (SSSR count). The third-order valence-corrected chi connectivity index (χ3v) is 2.74. The Labute approximate surface area is 84.8 Å². The molecule has 4 nitrogen and oxygen atoms in total. The Balaban J connectivity index is 2.40. The van der Waals surface area contributed by atoms with E-state index in [9.17, 15) is 4.89 Å². The average molecular weight is 228 g/mol. The van der Waals surface area contributed by atoms with E-state index in [4.69, 9.17) is 27.2 Å². The zero-order chi connectivity index (χ0) is 10.8. The normalized spacial score (nSPS) is 39.9. The topological polar surface area (TPSA) is 47.9 Å². The Bertz CT molecular complexity index is 234. The Hall–Kier alpha value is 0.490. The van der Waals surface area contributed by atoms with Gasteiger partial charge in [-0.25, -0.2) is 0 Å². The second-order valence-corrected chi connectivity index (χ2v) is 6.85. The maximum atomic E-state index is 9.26. The molecule has 0 aliphatic carbocycles. The van der Waals surface area contributed by atoms with Crippen LogP contribution in [0.5, 0.6) is 0 Å². The molecular weight excluding hydrogens is 211 g/mol. The quantitative estimate of drug-likeness (QED) is 0.719. The molecule has 1 saturated heterocycles. The van der Waals surface area contributed by atoms with Crippen LogP contribution in [0, 0.1) is 0 Å². The monoisotopic (exact) mass is 228 g/mol. The van der Waals surface area contributed by atoms with Crippen LogP contribution in [0.4, 0.5) is 0 Å². The first-order valence-corrected chi connectivity index (χ1v) is 7.09. The minimum Gasteiger partial charge on any atom is -0.379 e. The van der Waals surface area contributed by atoms with Crippen LogP contribution < -0.4 is 0 Å². The van der Waals surface area contributed by atoms with Gasteiger partial charge in [-0.1, -0.05) is 0 Å². The lowest BCUT2D eigenvalue weighted by atomic mass is 10.2. The molecule has 1 aliphatic heterocycles. The maximum absolute atomic E-state index is 9.26. The summed E-state index contributed by atoms with van der Waals surface area (Å²) in [5.74, 6) is 0. The zero-order valence-corrected chi connectivity index (χ0v) is 9.38. The van der Waals surface area contributed by atoms with E-state index in [1.165, 1.54) is 6.66 Å². The second-order valence-electron chi connectivity index (χ2n) is 2.95. The van der Waals surface area contributed by atoms with Gasteiger partial charge in [-0.2, -0.15) is 0 Å². The summed E-state index contributed by atoms with van der Waals surface area (Å²) in [4.78, 5) is 9.26. The minimum absolute atomic E-state index is 0.140. The van der Waals surface area contributed by atoms with Crippen molar-refractivity contribution in [2.75, 3.05) is 27.0 Å². The van der Waals surface area contributed by atoms with Gasteiger partial charge in [-0.05, 0) is 18.2 Å². The summed E-state index contributed by atoms with van der Waals surface area (Å²) in [5, 5.41) is 0. The van der Waals surface area contributed by atoms with Crippen LogP contribution >= 0.6 is 6.49 Å². The number of rotatable bonds is 4. The van der Waals surface area contributed by atoms with Crippen molar-refractivity contribution in [3.05, 3.63) is 0 Å². The van der Waals surface area contributed by atoms with Gasteiger partial charge in [-0.3, -0.25) is 0 Å². The van der Waals surface area contributed by atoms with Gasteiger partial charge in [0.2, 0.25) is 0 Å². The van der Waals surface area contributed by atoms with Crippen LogP contribution in [0.25, 0.3) is 0 Å². The molecule has 6 heteroatoms. The first-order valence-electron chi connectivity index (χ1n) is 4.55. The van der Waals surface area contributed by atoms with Crippen molar-refractivity contribution < 1.29 is 20.3 Å². The van der Waals surface area contributed by atoms with Gasteiger partial charge in [0.25, 0.3) is 0 Å². The fourth-order valence-electron chi connectivity index (χ4n) is 1.12. The molecule has 78 valence electrons. The zero-order valence-electron chi connectivity index (χ0n) is 8.67.